The van der Waals surface area contributed by atoms with Gasteiger partial charge in [-0.25, -0.2) is 9.97 Å². The lowest BCUT2D eigenvalue weighted by Crippen LogP contribution is -2.20. The first-order valence-corrected chi connectivity index (χ1v) is 9.04. The van der Waals surface area contributed by atoms with Crippen molar-refractivity contribution >= 4 is 21.9 Å². The topological polar surface area (TPSA) is 29.0 Å². The predicted octanol–water partition coefficient (Wildman–Crippen LogP) is 5.17. The maximum absolute atomic E-state index is 4.84. The minimum atomic E-state index is 0.840. The predicted molar refractivity (Wildman–Crippen MR) is 102 cm³/mol. The number of hydrogen-bond acceptors (Lipinski definition) is 3. The van der Waals surface area contributed by atoms with Crippen LogP contribution in [0.5, 0.6) is 0 Å². The smallest absolute Gasteiger partial charge is 0.226 e. The Labute approximate surface area is 150 Å². The van der Waals surface area contributed by atoms with Crippen LogP contribution in [0.25, 0.3) is 22.5 Å². The van der Waals surface area contributed by atoms with E-state index >= 15 is 0 Å². The Kier molecular flexibility index (Phi) is 4.30. The lowest BCUT2D eigenvalue weighted by molar-refractivity contribution is 0.902. The Morgan fingerprint density at radius 2 is 1.33 bits per heavy atom. The van der Waals surface area contributed by atoms with Gasteiger partial charge in [0.15, 0.2) is 0 Å². The normalized spacial score (nSPS) is 14.1. The molecule has 2 heterocycles. The second-order valence-corrected chi connectivity index (χ2v) is 6.92. The molecule has 120 valence electrons. The molecule has 1 saturated heterocycles. The van der Waals surface area contributed by atoms with E-state index in [1.165, 1.54) is 12.8 Å². The van der Waals surface area contributed by atoms with E-state index in [4.69, 9.17) is 9.97 Å². The Balaban J connectivity index is 1.83. The maximum atomic E-state index is 4.84. The van der Waals surface area contributed by atoms with Crippen LogP contribution in [-0.2, 0) is 0 Å². The Bertz CT molecular complexity index is 825. The molecule has 1 aromatic heterocycles. The molecule has 0 aliphatic carbocycles. The van der Waals surface area contributed by atoms with Gasteiger partial charge in [0.05, 0.1) is 11.4 Å². The Morgan fingerprint density at radius 3 is 1.96 bits per heavy atom. The van der Waals surface area contributed by atoms with Crippen molar-refractivity contribution in [2.45, 2.75) is 12.8 Å². The van der Waals surface area contributed by atoms with Crippen molar-refractivity contribution in [3.8, 4) is 22.5 Å². The quantitative estimate of drug-likeness (QED) is 0.628. The van der Waals surface area contributed by atoms with E-state index in [0.29, 0.717) is 0 Å². The number of anilines is 1. The van der Waals surface area contributed by atoms with E-state index in [0.717, 1.165) is 46.0 Å². The molecule has 4 rings (SSSR count). The lowest BCUT2D eigenvalue weighted by atomic mass is 10.1. The van der Waals surface area contributed by atoms with E-state index in [1.54, 1.807) is 0 Å². The number of aromatic nitrogens is 2. The third-order valence-electron chi connectivity index (χ3n) is 4.31. The van der Waals surface area contributed by atoms with E-state index in [1.807, 2.05) is 18.2 Å². The van der Waals surface area contributed by atoms with Crippen LogP contribution >= 0.6 is 15.9 Å². The SMILES string of the molecule is Brc1ccc(-c2cc(-c3ccccc3)nc(N3CCCC3)n2)cc1. The average molecular weight is 380 g/mol. The van der Waals surface area contributed by atoms with Crippen LogP contribution in [-0.4, -0.2) is 23.1 Å². The molecular weight excluding hydrogens is 362 g/mol. The Morgan fingerprint density at radius 1 is 0.750 bits per heavy atom. The van der Waals surface area contributed by atoms with Crippen LogP contribution in [0.15, 0.2) is 65.1 Å². The average Bonchev–Trinajstić information content (AvgIpc) is 3.17. The van der Waals surface area contributed by atoms with Gasteiger partial charge in [-0.15, -0.1) is 0 Å². The van der Waals surface area contributed by atoms with E-state index in [-0.39, 0.29) is 0 Å². The van der Waals surface area contributed by atoms with Gasteiger partial charge in [-0.2, -0.15) is 0 Å². The highest BCUT2D eigenvalue weighted by atomic mass is 79.9. The van der Waals surface area contributed by atoms with Crippen LogP contribution in [0.1, 0.15) is 12.8 Å². The van der Waals surface area contributed by atoms with Gasteiger partial charge < -0.3 is 4.90 Å². The van der Waals surface area contributed by atoms with Gasteiger partial charge >= 0.3 is 0 Å². The monoisotopic (exact) mass is 379 g/mol. The standard InChI is InChI=1S/C20H18BrN3/c21-17-10-8-16(9-11-17)19-14-18(15-6-2-1-3-7-15)22-20(23-19)24-12-4-5-13-24/h1-3,6-11,14H,4-5,12-13H2. The first-order chi connectivity index (χ1) is 11.8. The lowest BCUT2D eigenvalue weighted by Gasteiger charge is -2.17. The molecule has 0 unspecified atom stereocenters. The fourth-order valence-corrected chi connectivity index (χ4v) is 3.28. The molecule has 0 saturated carbocycles. The summed E-state index contributed by atoms with van der Waals surface area (Å²) in [6.45, 7) is 2.08. The third-order valence-corrected chi connectivity index (χ3v) is 4.84. The number of nitrogens with zero attached hydrogens (tertiary/aromatic N) is 3. The summed E-state index contributed by atoms with van der Waals surface area (Å²) in [6.07, 6.45) is 2.43. The molecule has 1 aliphatic heterocycles. The maximum Gasteiger partial charge on any atom is 0.226 e. The van der Waals surface area contributed by atoms with E-state index in [2.05, 4.69) is 63.3 Å². The van der Waals surface area contributed by atoms with Gasteiger partial charge in [-0.3, -0.25) is 0 Å². The van der Waals surface area contributed by atoms with Gasteiger partial charge in [0.2, 0.25) is 5.95 Å². The van der Waals surface area contributed by atoms with E-state index < -0.39 is 0 Å². The zero-order valence-electron chi connectivity index (χ0n) is 13.3. The van der Waals surface area contributed by atoms with Crippen LogP contribution in [0.3, 0.4) is 0 Å². The van der Waals surface area contributed by atoms with Gasteiger partial charge in [0, 0.05) is 28.7 Å². The molecule has 24 heavy (non-hydrogen) atoms. The highest BCUT2D eigenvalue weighted by molar-refractivity contribution is 9.10. The fraction of sp³-hybridized carbons (Fsp3) is 0.200. The van der Waals surface area contributed by atoms with Crippen LogP contribution < -0.4 is 4.90 Å². The van der Waals surface area contributed by atoms with Crippen molar-refractivity contribution in [2.24, 2.45) is 0 Å². The van der Waals surface area contributed by atoms with Crippen molar-refractivity contribution in [1.82, 2.24) is 9.97 Å². The molecule has 3 nitrogen and oxygen atoms in total. The fourth-order valence-electron chi connectivity index (χ4n) is 3.02. The van der Waals surface area contributed by atoms with Gasteiger partial charge in [0.1, 0.15) is 0 Å². The number of hydrogen-bond donors (Lipinski definition) is 0. The third kappa shape index (κ3) is 3.20. The molecule has 4 heteroatoms. The molecule has 1 fully saturated rings. The number of rotatable bonds is 3. The first kappa shape index (κ1) is 15.3. The molecule has 0 atom stereocenters. The summed E-state index contributed by atoms with van der Waals surface area (Å²) >= 11 is 3.50. The molecule has 3 aromatic rings. The largest absolute Gasteiger partial charge is 0.341 e. The molecule has 0 amide bonds. The first-order valence-electron chi connectivity index (χ1n) is 8.25. The summed E-state index contributed by atoms with van der Waals surface area (Å²) < 4.78 is 1.07. The molecule has 0 N–H and O–H groups in total. The molecule has 1 aliphatic rings. The molecule has 2 aromatic carbocycles. The van der Waals surface area contributed by atoms with Crippen molar-refractivity contribution in [1.29, 1.82) is 0 Å². The van der Waals surface area contributed by atoms with Crippen molar-refractivity contribution in [3.63, 3.8) is 0 Å². The zero-order chi connectivity index (χ0) is 16.4. The van der Waals surface area contributed by atoms with Crippen molar-refractivity contribution in [2.75, 3.05) is 18.0 Å². The summed E-state index contributed by atoms with van der Waals surface area (Å²) in [5.74, 6) is 0.840. The number of benzene rings is 2. The van der Waals surface area contributed by atoms with Gasteiger partial charge in [-0.1, -0.05) is 58.4 Å². The zero-order valence-corrected chi connectivity index (χ0v) is 14.9. The van der Waals surface area contributed by atoms with Gasteiger partial charge in [-0.05, 0) is 31.0 Å². The minimum absolute atomic E-state index is 0.840. The summed E-state index contributed by atoms with van der Waals surface area (Å²) in [7, 11) is 0. The molecule has 0 spiro atoms. The summed E-state index contributed by atoms with van der Waals surface area (Å²) in [5.41, 5.74) is 4.18. The van der Waals surface area contributed by atoms with Crippen molar-refractivity contribution < 1.29 is 0 Å². The van der Waals surface area contributed by atoms with Gasteiger partial charge in [0.25, 0.3) is 0 Å². The summed E-state index contributed by atoms with van der Waals surface area (Å²) in [4.78, 5) is 12.0. The van der Waals surface area contributed by atoms with Crippen molar-refractivity contribution in [3.05, 3.63) is 65.1 Å². The highest BCUT2D eigenvalue weighted by Crippen LogP contribution is 2.28. The number of halogens is 1. The van der Waals surface area contributed by atoms with E-state index in [9.17, 15) is 0 Å². The molecule has 0 bridgehead atoms. The Hall–Kier alpha value is -2.20. The molecule has 0 radical (unpaired) electrons. The highest BCUT2D eigenvalue weighted by Gasteiger charge is 2.17. The molecular formula is C20H18BrN3. The van der Waals surface area contributed by atoms with Crippen LogP contribution in [0, 0.1) is 0 Å². The second-order valence-electron chi connectivity index (χ2n) is 6.01. The minimum Gasteiger partial charge on any atom is -0.341 e. The second kappa shape index (κ2) is 6.73. The van der Waals surface area contributed by atoms with Crippen LogP contribution in [0.2, 0.25) is 0 Å². The van der Waals surface area contributed by atoms with Crippen LogP contribution in [0.4, 0.5) is 5.95 Å². The summed E-state index contributed by atoms with van der Waals surface area (Å²) in [6, 6.07) is 20.7. The summed E-state index contributed by atoms with van der Waals surface area (Å²) in [5, 5.41) is 0.